The Balaban J connectivity index is 2.59. The Morgan fingerprint density at radius 1 is 1.44 bits per heavy atom. The molecule has 0 aromatic carbocycles. The predicted molar refractivity (Wildman–Crippen MR) is 72.2 cm³/mol. The summed E-state index contributed by atoms with van der Waals surface area (Å²) in [7, 11) is -3.59. The van der Waals surface area contributed by atoms with E-state index in [1.807, 2.05) is 0 Å². The van der Waals surface area contributed by atoms with Gasteiger partial charge < -0.3 is 5.32 Å². The molecule has 1 saturated carbocycles. The first-order valence-electron chi connectivity index (χ1n) is 5.68. The molecular weight excluding hydrogens is 299 g/mol. The molecule has 0 aromatic rings. The third-order valence-electron chi connectivity index (χ3n) is 2.98. The molecule has 0 aromatic heterocycles. The molecule has 2 atom stereocenters. The Labute approximate surface area is 118 Å². The van der Waals surface area contributed by atoms with Crippen molar-refractivity contribution in [2.75, 3.05) is 12.3 Å². The minimum atomic E-state index is -3.59. The van der Waals surface area contributed by atoms with Gasteiger partial charge in [0.1, 0.15) is 4.33 Å². The third-order valence-corrected chi connectivity index (χ3v) is 5.89. The zero-order valence-electron chi connectivity index (χ0n) is 10.6. The zero-order chi connectivity index (χ0) is 14.2. The molecule has 5 nitrogen and oxygen atoms in total. The van der Waals surface area contributed by atoms with Crippen molar-refractivity contribution in [2.45, 2.75) is 37.6 Å². The lowest BCUT2D eigenvalue weighted by Crippen LogP contribution is -2.46. The topological polar surface area (TPSA) is 75.3 Å². The fourth-order valence-electron chi connectivity index (χ4n) is 1.71. The molecule has 0 heterocycles. The summed E-state index contributed by atoms with van der Waals surface area (Å²) >= 11 is 11.8. The highest BCUT2D eigenvalue weighted by atomic mass is 35.5. The lowest BCUT2D eigenvalue weighted by atomic mass is 10.2. The molecule has 0 spiro atoms. The van der Waals surface area contributed by atoms with Crippen LogP contribution in [0, 0.1) is 5.41 Å². The number of sulfonamides is 1. The quantitative estimate of drug-likeness (QED) is 0.718. The van der Waals surface area contributed by atoms with Gasteiger partial charge in [0.15, 0.2) is 0 Å². The molecule has 1 aliphatic carbocycles. The van der Waals surface area contributed by atoms with Crippen LogP contribution in [0.1, 0.15) is 27.2 Å². The minimum absolute atomic E-state index is 0.184. The summed E-state index contributed by atoms with van der Waals surface area (Å²) in [6.45, 7) is 5.42. The highest BCUT2D eigenvalue weighted by molar-refractivity contribution is 7.89. The highest BCUT2D eigenvalue weighted by Gasteiger charge is 2.64. The van der Waals surface area contributed by atoms with Crippen LogP contribution in [0.4, 0.5) is 0 Å². The average molecular weight is 317 g/mol. The number of alkyl halides is 2. The summed E-state index contributed by atoms with van der Waals surface area (Å²) < 4.78 is 25.1. The monoisotopic (exact) mass is 316 g/mol. The molecule has 0 unspecified atom stereocenters. The van der Waals surface area contributed by atoms with Crippen molar-refractivity contribution in [2.24, 2.45) is 5.41 Å². The van der Waals surface area contributed by atoms with Crippen LogP contribution in [0.5, 0.6) is 0 Å². The Hall–Kier alpha value is -0.0400. The maximum Gasteiger partial charge on any atom is 0.237 e. The number of hydrogen-bond donors (Lipinski definition) is 2. The molecule has 1 aliphatic rings. The fraction of sp³-hybridized carbons (Fsp3) is 0.900. The highest BCUT2D eigenvalue weighted by Crippen LogP contribution is 2.64. The van der Waals surface area contributed by atoms with Crippen LogP contribution >= 0.6 is 23.2 Å². The molecule has 1 fully saturated rings. The molecule has 2 N–H and O–H groups in total. The van der Waals surface area contributed by atoms with E-state index in [0.717, 1.165) is 0 Å². The van der Waals surface area contributed by atoms with Gasteiger partial charge in [0.2, 0.25) is 15.9 Å². The van der Waals surface area contributed by atoms with E-state index in [0.29, 0.717) is 13.0 Å². The third kappa shape index (κ3) is 3.73. The van der Waals surface area contributed by atoms with Gasteiger partial charge in [-0.15, -0.1) is 23.2 Å². The van der Waals surface area contributed by atoms with E-state index < -0.39 is 25.8 Å². The molecule has 8 heteroatoms. The molecule has 1 rings (SSSR count). The van der Waals surface area contributed by atoms with Crippen LogP contribution < -0.4 is 10.0 Å². The number of likely N-dealkylation sites (N-methyl/N-ethyl adjacent to an activating group) is 1. The Morgan fingerprint density at radius 2 is 1.94 bits per heavy atom. The van der Waals surface area contributed by atoms with Crippen LogP contribution in [0.15, 0.2) is 0 Å². The fourth-order valence-corrected chi connectivity index (χ4v) is 4.51. The number of halogens is 2. The van der Waals surface area contributed by atoms with E-state index >= 15 is 0 Å². The number of carbonyl (C=O) groups is 1. The molecule has 0 bridgehead atoms. The summed E-state index contributed by atoms with van der Waals surface area (Å²) in [5, 5.41) is 2.54. The van der Waals surface area contributed by atoms with E-state index in [-0.39, 0.29) is 11.7 Å². The lowest BCUT2D eigenvalue weighted by molar-refractivity contribution is -0.122. The number of carbonyl (C=O) groups excluding carboxylic acids is 1. The Bertz CT molecular complexity index is 438. The van der Waals surface area contributed by atoms with Crippen molar-refractivity contribution in [3.05, 3.63) is 0 Å². The van der Waals surface area contributed by atoms with Gasteiger partial charge >= 0.3 is 0 Å². The van der Waals surface area contributed by atoms with Gasteiger partial charge in [-0.05, 0) is 20.3 Å². The first-order valence-corrected chi connectivity index (χ1v) is 8.09. The molecule has 0 saturated heterocycles. The lowest BCUT2D eigenvalue weighted by Gasteiger charge is -2.17. The van der Waals surface area contributed by atoms with Gasteiger partial charge in [-0.2, -0.15) is 0 Å². The molecular formula is C10H18Cl2N2O3S. The van der Waals surface area contributed by atoms with Gasteiger partial charge in [-0.3, -0.25) is 4.79 Å². The first kappa shape index (κ1) is 16.0. The van der Waals surface area contributed by atoms with Crippen LogP contribution in [0.2, 0.25) is 0 Å². The summed E-state index contributed by atoms with van der Waals surface area (Å²) in [5.74, 6) is -0.540. The second-order valence-electron chi connectivity index (χ2n) is 4.94. The van der Waals surface area contributed by atoms with Crippen LogP contribution in [0.3, 0.4) is 0 Å². The van der Waals surface area contributed by atoms with Crippen LogP contribution in [-0.2, 0) is 14.8 Å². The largest absolute Gasteiger partial charge is 0.355 e. The maximum absolute atomic E-state index is 11.9. The smallest absolute Gasteiger partial charge is 0.237 e. The van der Waals surface area contributed by atoms with Gasteiger partial charge in [-0.1, -0.05) is 6.92 Å². The van der Waals surface area contributed by atoms with Crippen molar-refractivity contribution in [1.82, 2.24) is 10.0 Å². The summed E-state index contributed by atoms with van der Waals surface area (Å²) in [6.07, 6.45) is 0.430. The number of nitrogens with one attached hydrogen (secondary N) is 2. The Kier molecular flexibility index (Phi) is 4.58. The van der Waals surface area contributed by atoms with Crippen molar-refractivity contribution in [3.8, 4) is 0 Å². The summed E-state index contributed by atoms with van der Waals surface area (Å²) in [6, 6.07) is -0.808. The second-order valence-corrected chi connectivity index (χ2v) is 8.17. The average Bonchev–Trinajstić information content (AvgIpc) is 2.62. The maximum atomic E-state index is 11.9. The first-order chi connectivity index (χ1) is 8.03. The number of amides is 1. The van der Waals surface area contributed by atoms with E-state index in [1.165, 1.54) is 6.92 Å². The summed E-state index contributed by atoms with van der Waals surface area (Å²) in [4.78, 5) is 11.4. The second kappa shape index (κ2) is 5.15. The number of hydrogen-bond acceptors (Lipinski definition) is 3. The van der Waals surface area contributed by atoms with Crippen molar-refractivity contribution < 1.29 is 13.2 Å². The van der Waals surface area contributed by atoms with Gasteiger partial charge in [0.25, 0.3) is 0 Å². The van der Waals surface area contributed by atoms with Crippen molar-refractivity contribution in [3.63, 3.8) is 0 Å². The predicted octanol–water partition coefficient (Wildman–Crippen LogP) is 1.01. The molecule has 0 aliphatic heterocycles. The standard InChI is InChI=1S/C10H18Cl2N2O3S/c1-4-13-8(15)7(2)14-18(16,17)6-9(3)5-10(9,11)12/h7,14H,4-6H2,1-3H3,(H,13,15)/t7-,9+/m0/s1. The van der Waals surface area contributed by atoms with E-state index in [2.05, 4.69) is 10.0 Å². The summed E-state index contributed by atoms with van der Waals surface area (Å²) in [5.41, 5.74) is -0.650. The van der Waals surface area contributed by atoms with Crippen molar-refractivity contribution in [1.29, 1.82) is 0 Å². The minimum Gasteiger partial charge on any atom is -0.355 e. The molecule has 18 heavy (non-hydrogen) atoms. The van der Waals surface area contributed by atoms with Crippen LogP contribution in [0.25, 0.3) is 0 Å². The van der Waals surface area contributed by atoms with E-state index in [9.17, 15) is 13.2 Å². The van der Waals surface area contributed by atoms with Crippen molar-refractivity contribution >= 4 is 39.1 Å². The normalized spacial score (nSPS) is 27.6. The van der Waals surface area contributed by atoms with Gasteiger partial charge in [0, 0.05) is 12.0 Å². The van der Waals surface area contributed by atoms with Crippen LogP contribution in [-0.4, -0.2) is 37.0 Å². The SMILES string of the molecule is CCNC(=O)[C@H](C)NS(=O)(=O)C[C@@]1(C)CC1(Cl)Cl. The molecule has 1 amide bonds. The van der Waals surface area contributed by atoms with E-state index in [4.69, 9.17) is 23.2 Å². The van der Waals surface area contributed by atoms with Gasteiger partial charge in [-0.25, -0.2) is 13.1 Å². The Morgan fingerprint density at radius 3 is 2.33 bits per heavy atom. The number of rotatable bonds is 6. The molecule has 106 valence electrons. The zero-order valence-corrected chi connectivity index (χ0v) is 12.9. The molecule has 0 radical (unpaired) electrons. The van der Waals surface area contributed by atoms with Gasteiger partial charge in [0.05, 0.1) is 11.8 Å². The van der Waals surface area contributed by atoms with E-state index in [1.54, 1.807) is 13.8 Å².